The van der Waals surface area contributed by atoms with Gasteiger partial charge >= 0.3 is 12.4 Å². The molecule has 0 N–H and O–H groups in total. The number of alkyl halides is 6. The number of halogens is 12. The molecule has 2 heterocycles. The predicted octanol–water partition coefficient (Wildman–Crippen LogP) is 8.64. The third-order valence-electron chi connectivity index (χ3n) is 7.91. The van der Waals surface area contributed by atoms with Crippen LogP contribution >= 0.6 is 0 Å². The van der Waals surface area contributed by atoms with Gasteiger partial charge in [0.05, 0.1) is 13.1 Å². The van der Waals surface area contributed by atoms with Gasteiger partial charge in [-0.3, -0.25) is 0 Å². The van der Waals surface area contributed by atoms with Crippen molar-refractivity contribution in [1.82, 2.24) is 0 Å². The van der Waals surface area contributed by atoms with Crippen LogP contribution in [0.1, 0.15) is 22.3 Å². The molecular weight excluding hydrogens is 660 g/mol. The van der Waals surface area contributed by atoms with Crippen LogP contribution in [-0.2, 0) is 18.5 Å². The summed E-state index contributed by atoms with van der Waals surface area (Å²) < 4.78 is 185. The minimum atomic E-state index is -6.05. The molecule has 4 aromatic carbocycles. The number of anilines is 2. The predicted molar refractivity (Wildman–Crippen MR) is 142 cm³/mol. The van der Waals surface area contributed by atoms with Gasteiger partial charge in [0, 0.05) is 35.4 Å². The molecule has 0 unspecified atom stereocenters. The largest absolute Gasteiger partial charge is 0.473 e. The quantitative estimate of drug-likeness (QED) is 0.202. The van der Waals surface area contributed by atoms with Crippen molar-refractivity contribution < 1.29 is 62.2 Å². The molecule has 0 radical (unpaired) electrons. The summed E-state index contributed by atoms with van der Waals surface area (Å²) in [5.74, 6) is -8.35. The maximum Gasteiger partial charge on any atom is 0.411 e. The molecule has 4 aromatic rings. The normalized spacial score (nSPS) is 15.1. The molecule has 0 saturated heterocycles. The molecule has 4 nitrogen and oxygen atoms in total. The molecule has 2 aliphatic heterocycles. The number of fused-ring (bicyclic) bond motifs is 2. The van der Waals surface area contributed by atoms with Gasteiger partial charge in [-0.2, -0.15) is 26.3 Å². The fraction of sp³-hybridized carbons (Fsp3) is 0.226. The zero-order valence-corrected chi connectivity index (χ0v) is 23.3. The third kappa shape index (κ3) is 5.32. The number of rotatable bonds is 4. The van der Waals surface area contributed by atoms with Crippen molar-refractivity contribution in [3.63, 3.8) is 0 Å². The topological polar surface area (TPSA) is 24.9 Å². The summed E-state index contributed by atoms with van der Waals surface area (Å²) in [4.78, 5) is 1.66. The fourth-order valence-electron chi connectivity index (χ4n) is 5.89. The average Bonchev–Trinajstić information content (AvgIpc) is 2.94. The Morgan fingerprint density at radius 3 is 1.15 bits per heavy atom. The highest BCUT2D eigenvalue weighted by molar-refractivity contribution is 5.57. The van der Waals surface area contributed by atoms with Crippen LogP contribution in [0.25, 0.3) is 0 Å². The molecule has 16 heteroatoms. The molecule has 0 spiro atoms. The monoisotopic (exact) mass is 678 g/mol. The van der Waals surface area contributed by atoms with Crippen LogP contribution in [0, 0.1) is 34.9 Å². The van der Waals surface area contributed by atoms with E-state index in [-0.39, 0.29) is 22.6 Å². The molecule has 0 aliphatic carbocycles. The van der Waals surface area contributed by atoms with Crippen molar-refractivity contribution in [2.24, 2.45) is 0 Å². The first-order valence-electron chi connectivity index (χ1n) is 13.5. The molecule has 0 bridgehead atoms. The van der Waals surface area contributed by atoms with Crippen molar-refractivity contribution in [3.05, 3.63) is 118 Å². The van der Waals surface area contributed by atoms with Crippen LogP contribution in [0.3, 0.4) is 0 Å². The Kier molecular flexibility index (Phi) is 7.67. The van der Waals surface area contributed by atoms with Gasteiger partial charge < -0.3 is 19.3 Å². The van der Waals surface area contributed by atoms with Gasteiger partial charge in [0.1, 0.15) is 34.5 Å². The molecule has 2 aliphatic rings. The number of hydrogen-bond donors (Lipinski definition) is 0. The fourth-order valence-corrected chi connectivity index (χ4v) is 5.89. The molecule has 0 aromatic heterocycles. The van der Waals surface area contributed by atoms with E-state index >= 15 is 26.3 Å². The van der Waals surface area contributed by atoms with E-state index < -0.39 is 102 Å². The third-order valence-corrected chi connectivity index (χ3v) is 7.91. The van der Waals surface area contributed by atoms with Crippen LogP contribution in [-0.4, -0.2) is 25.8 Å². The molecule has 0 amide bonds. The molecule has 6 rings (SSSR count). The lowest BCUT2D eigenvalue weighted by Crippen LogP contribution is -2.55. The summed E-state index contributed by atoms with van der Waals surface area (Å²) in [5.41, 5.74) is -9.58. The molecule has 0 atom stereocenters. The second-order valence-corrected chi connectivity index (χ2v) is 10.8. The van der Waals surface area contributed by atoms with Crippen molar-refractivity contribution in [2.45, 2.75) is 30.9 Å². The van der Waals surface area contributed by atoms with Gasteiger partial charge in [0.15, 0.2) is 36.7 Å². The maximum atomic E-state index is 15.0. The highest BCUT2D eigenvalue weighted by atomic mass is 19.4. The Balaban J connectivity index is 1.45. The summed E-state index contributed by atoms with van der Waals surface area (Å²) >= 11 is 0. The van der Waals surface area contributed by atoms with E-state index in [1.54, 1.807) is 0 Å². The summed E-state index contributed by atoms with van der Waals surface area (Å²) in [6.07, 6.45) is -12.1. The van der Waals surface area contributed by atoms with E-state index in [1.165, 1.54) is 0 Å². The van der Waals surface area contributed by atoms with Crippen LogP contribution in [0.4, 0.5) is 64.1 Å². The molecule has 47 heavy (non-hydrogen) atoms. The van der Waals surface area contributed by atoms with Crippen LogP contribution < -0.4 is 19.3 Å². The molecule has 248 valence electrons. The SMILES string of the molecule is Fc1cc(F)c(N2COc3ccc(C(c4ccc5c(c4)CN(c4c(F)cc(F)cc4F)CO5)(C(F)(F)F)C(F)(F)F)cc3C2)c(F)c1. The number of hydrogen-bond acceptors (Lipinski definition) is 4. The molecule has 0 saturated carbocycles. The molecule has 0 fully saturated rings. The number of benzene rings is 4. The van der Waals surface area contributed by atoms with Crippen molar-refractivity contribution in [2.75, 3.05) is 23.3 Å². The van der Waals surface area contributed by atoms with E-state index in [0.29, 0.717) is 48.5 Å². The highest BCUT2D eigenvalue weighted by Gasteiger charge is 2.72. The minimum absolute atomic E-state index is 0.163. The summed E-state index contributed by atoms with van der Waals surface area (Å²) in [5, 5.41) is 0. The van der Waals surface area contributed by atoms with Crippen molar-refractivity contribution in [3.8, 4) is 11.5 Å². The van der Waals surface area contributed by atoms with Gasteiger partial charge in [0.25, 0.3) is 0 Å². The van der Waals surface area contributed by atoms with Crippen LogP contribution in [0.5, 0.6) is 11.5 Å². The smallest absolute Gasteiger partial charge is 0.411 e. The van der Waals surface area contributed by atoms with E-state index in [9.17, 15) is 26.3 Å². The number of ether oxygens (including phenoxy) is 2. The standard InChI is InChI=1S/C31H18F12N2O2/c32-19-7-21(34)27(22(35)8-19)44-11-15-5-17(1-3-25(15)46-13-44)29(30(38,39)40,31(41,42)43)18-2-4-26-16(6-18)12-45(14-47-26)28-23(36)9-20(33)10-24(28)37/h1-10H,11-14H2. The first kappa shape index (κ1) is 32.2. The van der Waals surface area contributed by atoms with Gasteiger partial charge in [-0.1, -0.05) is 12.1 Å². The zero-order chi connectivity index (χ0) is 34.1. The Morgan fingerprint density at radius 1 is 0.489 bits per heavy atom. The van der Waals surface area contributed by atoms with Gasteiger partial charge in [0.2, 0.25) is 5.41 Å². The lowest BCUT2D eigenvalue weighted by atomic mass is 9.72. The second kappa shape index (κ2) is 11.2. The summed E-state index contributed by atoms with van der Waals surface area (Å²) in [7, 11) is 0. The van der Waals surface area contributed by atoms with Gasteiger partial charge in [-0.05, 0) is 35.4 Å². The van der Waals surface area contributed by atoms with Gasteiger partial charge in [-0.15, -0.1) is 0 Å². The Hall–Kier alpha value is -4.76. The number of nitrogens with zero attached hydrogens (tertiary/aromatic N) is 2. The second-order valence-electron chi connectivity index (χ2n) is 10.8. The Labute approximate surface area is 257 Å². The summed E-state index contributed by atoms with van der Waals surface area (Å²) in [6.45, 7) is -2.36. The van der Waals surface area contributed by atoms with Crippen molar-refractivity contribution in [1.29, 1.82) is 0 Å². The maximum absolute atomic E-state index is 15.0. The van der Waals surface area contributed by atoms with E-state index in [1.807, 2.05) is 0 Å². The van der Waals surface area contributed by atoms with Crippen LogP contribution in [0.15, 0.2) is 60.7 Å². The zero-order valence-electron chi connectivity index (χ0n) is 23.3. The lowest BCUT2D eigenvalue weighted by Gasteiger charge is -2.40. The van der Waals surface area contributed by atoms with Crippen molar-refractivity contribution >= 4 is 11.4 Å². The first-order valence-corrected chi connectivity index (χ1v) is 13.5. The highest BCUT2D eigenvalue weighted by Crippen LogP contribution is 2.57. The Bertz CT molecular complexity index is 1690. The summed E-state index contributed by atoms with van der Waals surface area (Å²) in [6, 6.07) is 5.32. The van der Waals surface area contributed by atoms with E-state index in [4.69, 9.17) is 9.47 Å². The average molecular weight is 678 g/mol. The Morgan fingerprint density at radius 2 is 0.830 bits per heavy atom. The molecular formula is C31H18F12N2O2. The van der Waals surface area contributed by atoms with E-state index in [2.05, 4.69) is 0 Å². The first-order chi connectivity index (χ1) is 22.0. The lowest BCUT2D eigenvalue weighted by molar-refractivity contribution is -0.288. The van der Waals surface area contributed by atoms with E-state index in [0.717, 1.165) is 21.9 Å². The van der Waals surface area contributed by atoms with Crippen LogP contribution in [0.2, 0.25) is 0 Å². The minimum Gasteiger partial charge on any atom is -0.473 e. The van der Waals surface area contributed by atoms with Gasteiger partial charge in [-0.25, -0.2) is 26.3 Å².